The molecule has 2 N–H and O–H groups in total. The largest absolute Gasteiger partial charge is 0.481 e. The highest BCUT2D eigenvalue weighted by molar-refractivity contribution is 5.83. The summed E-state index contributed by atoms with van der Waals surface area (Å²) in [5, 5.41) is 17.6. The number of β-amino-alcohol motifs (C(OH)–C–C–N with tert-alkyl or cyclic N) is 1. The SMILES string of the molecule is CCCCCCCC/C=C/CCCCCCCC(=O)O.CCCCCCCC/C=C/CCCCCCCC1=NCCN1CCO. The molecule has 0 bridgehead atoms. The Morgan fingerprint density at radius 2 is 1.02 bits per heavy atom. The zero-order valence-electron chi connectivity index (χ0n) is 30.1. The molecular weight excluding hydrogens is 556 g/mol. The molecule has 0 atom stereocenters. The quantitative estimate of drug-likeness (QED) is 0.0571. The Hall–Kier alpha value is -1.62. The van der Waals surface area contributed by atoms with E-state index in [4.69, 9.17) is 10.2 Å². The summed E-state index contributed by atoms with van der Waals surface area (Å²) in [5.41, 5.74) is 0. The van der Waals surface area contributed by atoms with Crippen LogP contribution in [0.25, 0.3) is 0 Å². The zero-order chi connectivity index (χ0) is 32.9. The van der Waals surface area contributed by atoms with Crippen LogP contribution in [0, 0.1) is 0 Å². The summed E-state index contributed by atoms with van der Waals surface area (Å²) >= 11 is 0. The highest BCUT2D eigenvalue weighted by Gasteiger charge is 2.15. The van der Waals surface area contributed by atoms with Crippen molar-refractivity contribution in [1.29, 1.82) is 0 Å². The number of hydrogen-bond acceptors (Lipinski definition) is 4. The van der Waals surface area contributed by atoms with Crippen LogP contribution >= 0.6 is 0 Å². The van der Waals surface area contributed by atoms with Crippen LogP contribution in [0.3, 0.4) is 0 Å². The van der Waals surface area contributed by atoms with Crippen molar-refractivity contribution in [1.82, 2.24) is 4.90 Å². The molecular formula is C40H76N2O3. The summed E-state index contributed by atoms with van der Waals surface area (Å²) in [4.78, 5) is 17.1. The topological polar surface area (TPSA) is 73.1 Å². The maximum absolute atomic E-state index is 10.3. The smallest absolute Gasteiger partial charge is 0.303 e. The third-order valence-electron chi connectivity index (χ3n) is 8.71. The molecule has 0 spiro atoms. The van der Waals surface area contributed by atoms with Gasteiger partial charge in [0, 0.05) is 25.9 Å². The van der Waals surface area contributed by atoms with Gasteiger partial charge in [-0.2, -0.15) is 0 Å². The van der Waals surface area contributed by atoms with E-state index in [0.717, 1.165) is 38.9 Å². The monoisotopic (exact) mass is 633 g/mol. The van der Waals surface area contributed by atoms with Gasteiger partial charge in [-0.3, -0.25) is 9.79 Å². The molecule has 45 heavy (non-hydrogen) atoms. The van der Waals surface area contributed by atoms with Crippen LogP contribution in [0.5, 0.6) is 0 Å². The molecule has 0 aromatic rings. The Labute approximate surface area is 280 Å². The standard InChI is InChI=1S/C22H42N2O.C18H34O2/c1-2-3-4-5-6-7-8-9-10-11-12-13-14-15-16-17-22-23-18-19-24(22)20-21-25;1-2-3-4-5-6-7-8-9-10-11-12-13-14-15-16-17-18(19)20/h9-10,25H,2-8,11-21H2,1H3;9-10H,2-8,11-17H2,1H3,(H,19,20)/b2*10-9+. The number of carboxylic acid groups (broad SMARTS) is 1. The number of rotatable bonds is 32. The van der Waals surface area contributed by atoms with Crippen molar-refractivity contribution in [2.75, 3.05) is 26.2 Å². The number of aliphatic carboxylic acids is 1. The molecule has 5 heteroatoms. The maximum Gasteiger partial charge on any atom is 0.303 e. The van der Waals surface area contributed by atoms with Gasteiger partial charge in [0.1, 0.15) is 0 Å². The van der Waals surface area contributed by atoms with E-state index in [0.29, 0.717) is 6.42 Å². The lowest BCUT2D eigenvalue weighted by atomic mass is 10.1. The Balaban J connectivity index is 0.000000884. The predicted octanol–water partition coefficient (Wildman–Crippen LogP) is 11.8. The number of amidine groups is 1. The number of aliphatic imine (C=N–C) groups is 1. The van der Waals surface area contributed by atoms with Gasteiger partial charge in [-0.05, 0) is 64.2 Å². The van der Waals surface area contributed by atoms with Crippen molar-refractivity contribution >= 4 is 11.8 Å². The molecule has 1 rings (SSSR count). The lowest BCUT2D eigenvalue weighted by molar-refractivity contribution is -0.137. The van der Waals surface area contributed by atoms with E-state index in [2.05, 4.69) is 48.0 Å². The predicted molar refractivity (Wildman–Crippen MR) is 198 cm³/mol. The van der Waals surface area contributed by atoms with Crippen LogP contribution in [0.4, 0.5) is 0 Å². The molecule has 1 heterocycles. The molecule has 0 aromatic carbocycles. The molecule has 0 aromatic heterocycles. The average molecular weight is 633 g/mol. The van der Waals surface area contributed by atoms with E-state index in [1.165, 1.54) is 160 Å². The first-order valence-electron chi connectivity index (χ1n) is 19.6. The minimum absolute atomic E-state index is 0.241. The van der Waals surface area contributed by atoms with E-state index in [1.54, 1.807) is 0 Å². The van der Waals surface area contributed by atoms with Crippen molar-refractivity contribution in [2.24, 2.45) is 4.99 Å². The van der Waals surface area contributed by atoms with Crippen LogP contribution in [-0.2, 0) is 4.79 Å². The van der Waals surface area contributed by atoms with Crippen LogP contribution in [0.1, 0.15) is 194 Å². The molecule has 0 radical (unpaired) electrons. The van der Waals surface area contributed by atoms with Crippen molar-refractivity contribution in [2.45, 2.75) is 194 Å². The maximum atomic E-state index is 10.3. The lowest BCUT2D eigenvalue weighted by Gasteiger charge is -2.18. The molecule has 0 fully saturated rings. The highest BCUT2D eigenvalue weighted by Crippen LogP contribution is 2.13. The van der Waals surface area contributed by atoms with E-state index in [-0.39, 0.29) is 6.61 Å². The first kappa shape index (κ1) is 43.4. The number of carboxylic acids is 1. The molecule has 0 unspecified atom stereocenters. The first-order valence-corrected chi connectivity index (χ1v) is 19.6. The summed E-state index contributed by atoms with van der Waals surface area (Å²) in [6.07, 6.45) is 44.6. The van der Waals surface area contributed by atoms with Crippen LogP contribution in [0.2, 0.25) is 0 Å². The number of unbranched alkanes of at least 4 members (excludes halogenated alkanes) is 22. The normalized spacial score (nSPS) is 13.1. The van der Waals surface area contributed by atoms with Crippen molar-refractivity contribution in [3.05, 3.63) is 24.3 Å². The molecule has 1 aliphatic rings. The van der Waals surface area contributed by atoms with Gasteiger partial charge in [0.05, 0.1) is 19.0 Å². The highest BCUT2D eigenvalue weighted by atomic mass is 16.4. The van der Waals surface area contributed by atoms with Crippen molar-refractivity contribution in [3.8, 4) is 0 Å². The Kier molecular flexibility index (Phi) is 35.5. The summed E-state index contributed by atoms with van der Waals surface area (Å²) in [5.74, 6) is 0.564. The number of hydrogen-bond donors (Lipinski definition) is 2. The zero-order valence-corrected chi connectivity index (χ0v) is 30.1. The fourth-order valence-corrected chi connectivity index (χ4v) is 5.83. The van der Waals surface area contributed by atoms with Gasteiger partial charge in [-0.1, -0.05) is 141 Å². The summed E-state index contributed by atoms with van der Waals surface area (Å²) in [6, 6.07) is 0. The molecule has 0 aliphatic carbocycles. The van der Waals surface area contributed by atoms with Crippen LogP contribution < -0.4 is 0 Å². The summed E-state index contributed by atoms with van der Waals surface area (Å²) in [6.45, 7) is 7.45. The lowest BCUT2D eigenvalue weighted by Crippen LogP contribution is -2.30. The minimum atomic E-state index is -0.664. The van der Waals surface area contributed by atoms with E-state index in [9.17, 15) is 4.79 Å². The second-order valence-electron chi connectivity index (χ2n) is 13.1. The summed E-state index contributed by atoms with van der Waals surface area (Å²) in [7, 11) is 0. The first-order chi connectivity index (χ1) is 22.2. The second-order valence-corrected chi connectivity index (χ2v) is 13.1. The third-order valence-corrected chi connectivity index (χ3v) is 8.71. The fourth-order valence-electron chi connectivity index (χ4n) is 5.83. The van der Waals surface area contributed by atoms with E-state index < -0.39 is 5.97 Å². The van der Waals surface area contributed by atoms with E-state index in [1.807, 2.05) is 0 Å². The molecule has 0 saturated heterocycles. The Bertz CT molecular complexity index is 704. The number of carbonyl (C=O) groups is 1. The third kappa shape index (κ3) is 33.6. The van der Waals surface area contributed by atoms with Gasteiger partial charge in [-0.15, -0.1) is 0 Å². The molecule has 5 nitrogen and oxygen atoms in total. The average Bonchev–Trinajstić information content (AvgIpc) is 3.48. The van der Waals surface area contributed by atoms with Gasteiger partial charge >= 0.3 is 5.97 Å². The molecule has 0 saturated carbocycles. The van der Waals surface area contributed by atoms with E-state index >= 15 is 0 Å². The minimum Gasteiger partial charge on any atom is -0.481 e. The van der Waals surface area contributed by atoms with Gasteiger partial charge < -0.3 is 15.1 Å². The Morgan fingerprint density at radius 1 is 0.622 bits per heavy atom. The molecule has 1 aliphatic heterocycles. The fraction of sp³-hybridized carbons (Fsp3) is 0.850. The number of allylic oxidation sites excluding steroid dienone is 4. The number of aliphatic hydroxyl groups excluding tert-OH is 1. The van der Waals surface area contributed by atoms with Gasteiger partial charge in [0.25, 0.3) is 0 Å². The molecule has 0 amide bonds. The second kappa shape index (κ2) is 36.8. The van der Waals surface area contributed by atoms with Crippen LogP contribution in [0.15, 0.2) is 29.3 Å². The van der Waals surface area contributed by atoms with Gasteiger partial charge in [0.15, 0.2) is 0 Å². The van der Waals surface area contributed by atoms with Gasteiger partial charge in [0.2, 0.25) is 0 Å². The number of nitrogens with zero attached hydrogens (tertiary/aromatic N) is 2. The Morgan fingerprint density at radius 3 is 1.44 bits per heavy atom. The van der Waals surface area contributed by atoms with Crippen molar-refractivity contribution < 1.29 is 15.0 Å². The van der Waals surface area contributed by atoms with Gasteiger partial charge in [-0.25, -0.2) is 0 Å². The van der Waals surface area contributed by atoms with Crippen LogP contribution in [-0.4, -0.2) is 53.2 Å². The number of aliphatic hydroxyl groups is 1. The summed E-state index contributed by atoms with van der Waals surface area (Å²) < 4.78 is 0. The van der Waals surface area contributed by atoms with Crippen molar-refractivity contribution in [3.63, 3.8) is 0 Å². The molecule has 264 valence electrons.